The maximum Gasteiger partial charge on any atom is 0.255 e. The van der Waals surface area contributed by atoms with E-state index in [0.717, 1.165) is 11.3 Å². The van der Waals surface area contributed by atoms with Crippen LogP contribution < -0.4 is 5.32 Å². The first-order valence-corrected chi connectivity index (χ1v) is 7.58. The summed E-state index contributed by atoms with van der Waals surface area (Å²) in [6.07, 6.45) is 0.929. The van der Waals surface area contributed by atoms with Crippen LogP contribution in [0.25, 0.3) is 0 Å². The van der Waals surface area contributed by atoms with Gasteiger partial charge in [0.2, 0.25) is 0 Å². The molecule has 19 heavy (non-hydrogen) atoms. The van der Waals surface area contributed by atoms with E-state index in [2.05, 4.69) is 28.2 Å². The van der Waals surface area contributed by atoms with Gasteiger partial charge in [0.25, 0.3) is 5.91 Å². The van der Waals surface area contributed by atoms with Crippen molar-refractivity contribution in [2.45, 2.75) is 19.9 Å². The third-order valence-corrected chi connectivity index (χ3v) is 4.44. The third-order valence-electron chi connectivity index (χ3n) is 2.82. The van der Waals surface area contributed by atoms with Crippen LogP contribution in [0.5, 0.6) is 0 Å². The lowest BCUT2D eigenvalue weighted by molar-refractivity contribution is 0.0946. The van der Waals surface area contributed by atoms with Gasteiger partial charge in [-0.05, 0) is 51.5 Å². The van der Waals surface area contributed by atoms with E-state index in [9.17, 15) is 9.18 Å². The Hall–Kier alpha value is -1.20. The van der Waals surface area contributed by atoms with Gasteiger partial charge in [0.05, 0.1) is 12.1 Å². The van der Waals surface area contributed by atoms with Crippen molar-refractivity contribution in [3.8, 4) is 0 Å². The highest BCUT2D eigenvalue weighted by molar-refractivity contribution is 9.10. The molecule has 2 aromatic rings. The molecule has 0 saturated heterocycles. The molecule has 1 amide bonds. The predicted molar refractivity (Wildman–Crippen MR) is 79.0 cm³/mol. The largest absolute Gasteiger partial charge is 0.347 e. The minimum Gasteiger partial charge on any atom is -0.347 e. The summed E-state index contributed by atoms with van der Waals surface area (Å²) in [5.41, 5.74) is 1.27. The minimum atomic E-state index is -0.520. The Morgan fingerprint density at radius 3 is 2.89 bits per heavy atom. The van der Waals surface area contributed by atoms with Crippen LogP contribution >= 0.6 is 27.3 Å². The molecule has 0 unspecified atom stereocenters. The van der Waals surface area contributed by atoms with Crippen LogP contribution in [-0.4, -0.2) is 5.91 Å². The maximum atomic E-state index is 13.6. The fraction of sp³-hybridized carbons (Fsp3) is 0.214. The first-order valence-electron chi connectivity index (χ1n) is 5.91. The number of amides is 1. The maximum absolute atomic E-state index is 13.6. The predicted octanol–water partition coefficient (Wildman–Crippen LogP) is 4.14. The van der Waals surface area contributed by atoms with Gasteiger partial charge in [-0.15, -0.1) is 11.3 Å². The lowest BCUT2D eigenvalue weighted by Gasteiger charge is -2.08. The van der Waals surface area contributed by atoms with E-state index in [0.29, 0.717) is 11.0 Å². The van der Waals surface area contributed by atoms with E-state index in [1.807, 2.05) is 11.4 Å². The van der Waals surface area contributed by atoms with Crippen molar-refractivity contribution < 1.29 is 9.18 Å². The molecule has 0 atom stereocenters. The zero-order chi connectivity index (χ0) is 13.8. The van der Waals surface area contributed by atoms with Gasteiger partial charge >= 0.3 is 0 Å². The third kappa shape index (κ3) is 3.22. The van der Waals surface area contributed by atoms with Crippen molar-refractivity contribution >= 4 is 33.2 Å². The summed E-state index contributed by atoms with van der Waals surface area (Å²) >= 11 is 4.80. The highest BCUT2D eigenvalue weighted by Crippen LogP contribution is 2.21. The molecule has 1 aromatic carbocycles. The van der Waals surface area contributed by atoms with Crippen molar-refractivity contribution in [1.82, 2.24) is 5.32 Å². The van der Waals surface area contributed by atoms with Crippen LogP contribution in [0.2, 0.25) is 0 Å². The molecule has 0 bridgehead atoms. The van der Waals surface area contributed by atoms with Crippen LogP contribution in [0.15, 0.2) is 34.1 Å². The normalized spacial score (nSPS) is 10.5. The monoisotopic (exact) mass is 341 g/mol. The molecule has 1 aromatic heterocycles. The van der Waals surface area contributed by atoms with Crippen LogP contribution in [0.3, 0.4) is 0 Å². The Bertz CT molecular complexity index is 577. The molecule has 0 saturated carbocycles. The van der Waals surface area contributed by atoms with Crippen LogP contribution in [0.4, 0.5) is 4.39 Å². The summed E-state index contributed by atoms with van der Waals surface area (Å²) in [7, 11) is 0. The molecule has 0 aliphatic heterocycles. The zero-order valence-electron chi connectivity index (χ0n) is 10.4. The topological polar surface area (TPSA) is 29.1 Å². The summed E-state index contributed by atoms with van der Waals surface area (Å²) in [6, 6.07) is 6.54. The number of benzene rings is 1. The lowest BCUT2D eigenvalue weighted by Crippen LogP contribution is -2.24. The second-order valence-electron chi connectivity index (χ2n) is 4.00. The molecule has 1 heterocycles. The first-order chi connectivity index (χ1) is 9.13. The molecule has 0 radical (unpaired) electrons. The van der Waals surface area contributed by atoms with Crippen molar-refractivity contribution in [1.29, 1.82) is 0 Å². The van der Waals surface area contributed by atoms with E-state index < -0.39 is 11.7 Å². The second kappa shape index (κ2) is 6.30. The summed E-state index contributed by atoms with van der Waals surface area (Å²) in [5, 5.41) is 4.76. The highest BCUT2D eigenvalue weighted by atomic mass is 79.9. The SMILES string of the molecule is CCc1ccsc1CNC(=O)c1c(F)cccc1Br. The molecule has 0 aliphatic rings. The average Bonchev–Trinajstić information content (AvgIpc) is 2.83. The van der Waals surface area contributed by atoms with E-state index in [4.69, 9.17) is 0 Å². The molecule has 100 valence electrons. The number of rotatable bonds is 4. The van der Waals surface area contributed by atoms with E-state index in [-0.39, 0.29) is 5.56 Å². The van der Waals surface area contributed by atoms with Gasteiger partial charge in [-0.2, -0.15) is 0 Å². The number of nitrogens with one attached hydrogen (secondary N) is 1. The molecule has 2 nitrogen and oxygen atoms in total. The number of hydrogen-bond acceptors (Lipinski definition) is 2. The summed E-state index contributed by atoms with van der Waals surface area (Å²) in [5.74, 6) is -0.922. The summed E-state index contributed by atoms with van der Waals surface area (Å²) < 4.78 is 14.1. The lowest BCUT2D eigenvalue weighted by atomic mass is 10.2. The smallest absolute Gasteiger partial charge is 0.255 e. The Morgan fingerprint density at radius 1 is 1.42 bits per heavy atom. The summed E-state index contributed by atoms with van der Waals surface area (Å²) in [6.45, 7) is 2.50. The van der Waals surface area contributed by atoms with Gasteiger partial charge in [0.15, 0.2) is 0 Å². The summed E-state index contributed by atoms with van der Waals surface area (Å²) in [4.78, 5) is 13.1. The molecule has 5 heteroatoms. The Balaban J connectivity index is 2.10. The van der Waals surface area contributed by atoms with Crippen LogP contribution in [0.1, 0.15) is 27.7 Å². The van der Waals surface area contributed by atoms with Crippen molar-refractivity contribution in [3.05, 3.63) is 55.9 Å². The van der Waals surface area contributed by atoms with Gasteiger partial charge in [-0.3, -0.25) is 4.79 Å². The number of thiophene rings is 1. The van der Waals surface area contributed by atoms with Gasteiger partial charge in [0, 0.05) is 9.35 Å². The number of carbonyl (C=O) groups excluding carboxylic acids is 1. The molecule has 2 rings (SSSR count). The Labute approximate surface area is 123 Å². The number of hydrogen-bond donors (Lipinski definition) is 1. The van der Waals surface area contributed by atoms with Gasteiger partial charge < -0.3 is 5.32 Å². The highest BCUT2D eigenvalue weighted by Gasteiger charge is 2.15. The fourth-order valence-electron chi connectivity index (χ4n) is 1.80. The first kappa shape index (κ1) is 14.2. The van der Waals surface area contributed by atoms with Crippen molar-refractivity contribution in [2.75, 3.05) is 0 Å². The van der Waals surface area contributed by atoms with E-state index in [1.54, 1.807) is 23.5 Å². The molecule has 0 spiro atoms. The average molecular weight is 342 g/mol. The van der Waals surface area contributed by atoms with Crippen LogP contribution in [0, 0.1) is 5.82 Å². The molecular weight excluding hydrogens is 329 g/mol. The van der Waals surface area contributed by atoms with Crippen molar-refractivity contribution in [2.24, 2.45) is 0 Å². The van der Waals surface area contributed by atoms with Gasteiger partial charge in [-0.25, -0.2) is 4.39 Å². The number of aryl methyl sites for hydroxylation is 1. The van der Waals surface area contributed by atoms with Crippen molar-refractivity contribution in [3.63, 3.8) is 0 Å². The molecule has 0 fully saturated rings. The Morgan fingerprint density at radius 2 is 2.21 bits per heavy atom. The minimum absolute atomic E-state index is 0.0529. The molecular formula is C14H13BrFNOS. The molecule has 0 aliphatic carbocycles. The molecule has 1 N–H and O–H groups in total. The Kier molecular flexibility index (Phi) is 4.71. The zero-order valence-corrected chi connectivity index (χ0v) is 12.8. The van der Waals surface area contributed by atoms with Crippen LogP contribution in [-0.2, 0) is 13.0 Å². The quantitative estimate of drug-likeness (QED) is 0.889. The van der Waals surface area contributed by atoms with Gasteiger partial charge in [-0.1, -0.05) is 13.0 Å². The standard InChI is InChI=1S/C14H13BrFNOS/c1-2-9-6-7-19-12(9)8-17-14(18)13-10(15)4-3-5-11(13)16/h3-7H,2,8H2,1H3,(H,17,18). The number of carbonyl (C=O) groups is 1. The van der Waals surface area contributed by atoms with E-state index in [1.165, 1.54) is 11.6 Å². The fourth-order valence-corrected chi connectivity index (χ4v) is 3.24. The van der Waals surface area contributed by atoms with E-state index >= 15 is 0 Å². The number of halogens is 2. The van der Waals surface area contributed by atoms with Gasteiger partial charge in [0.1, 0.15) is 5.82 Å². The second-order valence-corrected chi connectivity index (χ2v) is 5.86.